The van der Waals surface area contributed by atoms with Crippen LogP contribution in [-0.2, 0) is 0 Å². The minimum Gasteiger partial charge on any atom is -0.110 e. The second kappa shape index (κ2) is 15.6. The van der Waals surface area contributed by atoms with Gasteiger partial charge in [0.2, 0.25) is 0 Å². The van der Waals surface area contributed by atoms with Crippen LogP contribution in [0.1, 0.15) is 109 Å². The second-order valence-electron chi connectivity index (χ2n) is 7.41. The third-order valence-electron chi connectivity index (χ3n) is 5.09. The molecule has 0 aliphatic rings. The van der Waals surface area contributed by atoms with Crippen molar-refractivity contribution in [3.63, 3.8) is 0 Å². The number of hydrogen-bond donors (Lipinski definition) is 0. The summed E-state index contributed by atoms with van der Waals surface area (Å²) in [4.78, 5) is 0. The van der Waals surface area contributed by atoms with Crippen LogP contribution in [0.2, 0.25) is 0 Å². The first kappa shape index (κ1) is 22.4. The predicted octanol–water partition coefficient (Wildman–Crippen LogP) is 8.77. The van der Waals surface area contributed by atoms with Crippen LogP contribution < -0.4 is 0 Å². The SMILES string of the molecule is CCCCCCCCC(P)=C(CCCCCCCC)c1ccccc1. The van der Waals surface area contributed by atoms with Crippen LogP contribution in [0.4, 0.5) is 0 Å². The highest BCUT2D eigenvalue weighted by Crippen LogP contribution is 2.31. The summed E-state index contributed by atoms with van der Waals surface area (Å²) in [5, 5.41) is 1.55. The van der Waals surface area contributed by atoms with Crippen molar-refractivity contribution in [2.45, 2.75) is 104 Å². The van der Waals surface area contributed by atoms with Gasteiger partial charge in [0.05, 0.1) is 0 Å². The zero-order valence-electron chi connectivity index (χ0n) is 16.9. The van der Waals surface area contributed by atoms with Crippen LogP contribution in [0.15, 0.2) is 35.6 Å². The van der Waals surface area contributed by atoms with Crippen molar-refractivity contribution < 1.29 is 0 Å². The first-order valence-corrected chi connectivity index (χ1v) is 11.4. The van der Waals surface area contributed by atoms with Gasteiger partial charge < -0.3 is 0 Å². The van der Waals surface area contributed by atoms with Crippen molar-refractivity contribution in [3.05, 3.63) is 41.2 Å². The Kier molecular flexibility index (Phi) is 14.0. The molecular weight excluding hydrogens is 319 g/mol. The largest absolute Gasteiger partial charge is 0.110 e. The fourth-order valence-electron chi connectivity index (χ4n) is 3.46. The molecule has 0 spiro atoms. The first-order valence-electron chi connectivity index (χ1n) is 10.8. The highest BCUT2D eigenvalue weighted by atomic mass is 31.0. The van der Waals surface area contributed by atoms with Crippen molar-refractivity contribution in [3.8, 4) is 0 Å². The number of unbranched alkanes of at least 4 members (excludes halogenated alkanes) is 10. The van der Waals surface area contributed by atoms with Crippen LogP contribution in [0.5, 0.6) is 0 Å². The van der Waals surface area contributed by atoms with Gasteiger partial charge in [0.15, 0.2) is 0 Å². The van der Waals surface area contributed by atoms with Gasteiger partial charge in [-0.3, -0.25) is 0 Å². The van der Waals surface area contributed by atoms with Crippen molar-refractivity contribution in [1.29, 1.82) is 0 Å². The quantitative estimate of drug-likeness (QED) is 0.216. The lowest BCUT2D eigenvalue weighted by Gasteiger charge is -2.13. The van der Waals surface area contributed by atoms with E-state index in [4.69, 9.17) is 0 Å². The molecule has 0 fully saturated rings. The molecule has 0 bridgehead atoms. The van der Waals surface area contributed by atoms with E-state index in [0.29, 0.717) is 0 Å². The molecular formula is C24H41P. The Bertz CT molecular complexity index is 446. The minimum atomic E-state index is 1.24. The summed E-state index contributed by atoms with van der Waals surface area (Å²) >= 11 is 0. The van der Waals surface area contributed by atoms with Gasteiger partial charge in [-0.15, -0.1) is 9.24 Å². The van der Waals surface area contributed by atoms with E-state index in [0.717, 1.165) is 0 Å². The monoisotopic (exact) mass is 360 g/mol. The van der Waals surface area contributed by atoms with Gasteiger partial charge in [0.25, 0.3) is 0 Å². The summed E-state index contributed by atoms with van der Waals surface area (Å²) in [5.41, 5.74) is 3.03. The van der Waals surface area contributed by atoms with E-state index in [1.54, 1.807) is 10.9 Å². The molecule has 25 heavy (non-hydrogen) atoms. The van der Waals surface area contributed by atoms with Gasteiger partial charge in [-0.05, 0) is 42.1 Å². The predicted molar refractivity (Wildman–Crippen MR) is 119 cm³/mol. The molecule has 1 rings (SSSR count). The molecule has 0 radical (unpaired) electrons. The van der Waals surface area contributed by atoms with Crippen molar-refractivity contribution in [1.82, 2.24) is 0 Å². The Labute approximate surface area is 160 Å². The highest BCUT2D eigenvalue weighted by molar-refractivity contribution is 7.23. The Morgan fingerprint density at radius 2 is 1.12 bits per heavy atom. The van der Waals surface area contributed by atoms with Gasteiger partial charge in [0.1, 0.15) is 0 Å². The summed E-state index contributed by atoms with van der Waals surface area (Å²) < 4.78 is 0. The van der Waals surface area contributed by atoms with E-state index >= 15 is 0 Å². The van der Waals surface area contributed by atoms with E-state index in [-0.39, 0.29) is 0 Å². The fourth-order valence-corrected chi connectivity index (χ4v) is 3.97. The molecule has 0 nitrogen and oxygen atoms in total. The van der Waals surface area contributed by atoms with Crippen LogP contribution in [0, 0.1) is 0 Å². The Morgan fingerprint density at radius 3 is 1.68 bits per heavy atom. The average Bonchev–Trinajstić information content (AvgIpc) is 2.64. The lowest BCUT2D eigenvalue weighted by molar-refractivity contribution is 0.607. The number of rotatable bonds is 15. The zero-order chi connectivity index (χ0) is 18.2. The molecule has 142 valence electrons. The Morgan fingerprint density at radius 1 is 0.640 bits per heavy atom. The zero-order valence-corrected chi connectivity index (χ0v) is 18.0. The highest BCUT2D eigenvalue weighted by Gasteiger charge is 2.06. The standard InChI is InChI=1S/C24H41P/c1-3-5-7-9-11-16-20-23(22-18-14-13-15-19-22)24(25)21-17-12-10-8-6-4-2/h13-15,18-19H,3-12,16-17,20-21,25H2,1-2H3. The molecule has 1 aromatic rings. The van der Waals surface area contributed by atoms with Crippen molar-refractivity contribution >= 4 is 14.8 Å². The smallest absolute Gasteiger partial charge is 0.0222 e. The van der Waals surface area contributed by atoms with Crippen LogP contribution in [0.25, 0.3) is 5.57 Å². The van der Waals surface area contributed by atoms with E-state index in [2.05, 4.69) is 53.4 Å². The molecule has 0 heterocycles. The molecule has 0 amide bonds. The average molecular weight is 361 g/mol. The summed E-state index contributed by atoms with van der Waals surface area (Å²) in [6.45, 7) is 4.58. The van der Waals surface area contributed by atoms with Crippen LogP contribution >= 0.6 is 9.24 Å². The summed E-state index contributed by atoms with van der Waals surface area (Å²) in [6, 6.07) is 11.1. The molecule has 0 aliphatic carbocycles. The topological polar surface area (TPSA) is 0 Å². The Hall–Kier alpha value is -0.610. The lowest BCUT2D eigenvalue weighted by Crippen LogP contribution is -1.91. The molecule has 0 aromatic heterocycles. The minimum absolute atomic E-state index is 1.24. The number of allylic oxidation sites excluding steroid dienone is 2. The van der Waals surface area contributed by atoms with Gasteiger partial charge in [-0.25, -0.2) is 0 Å². The number of hydrogen-bond acceptors (Lipinski definition) is 0. The molecule has 0 N–H and O–H groups in total. The summed E-state index contributed by atoms with van der Waals surface area (Å²) in [7, 11) is 3.07. The first-order chi connectivity index (χ1) is 12.3. The maximum absolute atomic E-state index is 3.07. The van der Waals surface area contributed by atoms with E-state index < -0.39 is 0 Å². The third-order valence-corrected chi connectivity index (χ3v) is 5.73. The van der Waals surface area contributed by atoms with Crippen molar-refractivity contribution in [2.75, 3.05) is 0 Å². The Balaban J connectivity index is 2.48. The molecule has 0 saturated carbocycles. The third kappa shape index (κ3) is 10.9. The van der Waals surface area contributed by atoms with Gasteiger partial charge >= 0.3 is 0 Å². The van der Waals surface area contributed by atoms with E-state index in [9.17, 15) is 0 Å². The van der Waals surface area contributed by atoms with Crippen LogP contribution in [0.3, 0.4) is 0 Å². The number of benzene rings is 1. The van der Waals surface area contributed by atoms with Crippen molar-refractivity contribution in [2.24, 2.45) is 0 Å². The molecule has 1 heteroatoms. The van der Waals surface area contributed by atoms with E-state index in [1.165, 1.54) is 95.5 Å². The lowest BCUT2D eigenvalue weighted by atomic mass is 9.97. The van der Waals surface area contributed by atoms with E-state index in [1.807, 2.05) is 0 Å². The molecule has 0 saturated heterocycles. The molecule has 1 atom stereocenters. The maximum atomic E-state index is 3.07. The van der Waals surface area contributed by atoms with Gasteiger partial charge in [-0.2, -0.15) is 0 Å². The maximum Gasteiger partial charge on any atom is -0.0222 e. The normalized spacial score (nSPS) is 12.3. The summed E-state index contributed by atoms with van der Waals surface area (Å²) in [5.74, 6) is 0. The fraction of sp³-hybridized carbons (Fsp3) is 0.667. The molecule has 1 aromatic carbocycles. The van der Waals surface area contributed by atoms with Crippen LogP contribution in [-0.4, -0.2) is 0 Å². The van der Waals surface area contributed by atoms with Gasteiger partial charge in [-0.1, -0.05) is 108 Å². The molecule has 1 unspecified atom stereocenters. The summed E-state index contributed by atoms with van der Waals surface area (Å²) in [6.07, 6.45) is 19.0. The van der Waals surface area contributed by atoms with Gasteiger partial charge in [0, 0.05) is 0 Å². The second-order valence-corrected chi connectivity index (χ2v) is 8.10. The molecule has 0 aliphatic heterocycles.